The Labute approximate surface area is 170 Å². The molecule has 0 aliphatic heterocycles. The van der Waals surface area contributed by atoms with Gasteiger partial charge in [0.1, 0.15) is 18.2 Å². The van der Waals surface area contributed by atoms with Crippen molar-refractivity contribution < 1.29 is 9.18 Å². The molecule has 2 heterocycles. The minimum Gasteiger partial charge on any atom is -0.361 e. The summed E-state index contributed by atoms with van der Waals surface area (Å²) in [6.45, 7) is 1.87. The van der Waals surface area contributed by atoms with Gasteiger partial charge in [-0.05, 0) is 55.3 Å². The molecule has 0 fully saturated rings. The number of aryl methyl sites for hydroxylation is 1. The van der Waals surface area contributed by atoms with Crippen LogP contribution in [0.25, 0.3) is 21.8 Å². The van der Waals surface area contributed by atoms with E-state index in [4.69, 9.17) is 11.6 Å². The first-order valence-corrected chi connectivity index (χ1v) is 9.49. The number of aromatic nitrogens is 3. The number of nitrogens with one attached hydrogen (secondary N) is 2. The molecule has 4 aromatic rings. The third-order valence-corrected chi connectivity index (χ3v) is 5.09. The van der Waals surface area contributed by atoms with Gasteiger partial charge >= 0.3 is 0 Å². The summed E-state index contributed by atoms with van der Waals surface area (Å²) in [4.78, 5) is 32.5. The molecule has 2 aromatic carbocycles. The molecule has 4 rings (SSSR count). The minimum absolute atomic E-state index is 0.152. The quantitative estimate of drug-likeness (QED) is 0.527. The van der Waals surface area contributed by atoms with E-state index in [0.29, 0.717) is 29.3 Å². The molecule has 0 aliphatic rings. The zero-order valence-electron chi connectivity index (χ0n) is 15.6. The fourth-order valence-electron chi connectivity index (χ4n) is 3.38. The number of benzene rings is 2. The van der Waals surface area contributed by atoms with Crippen molar-refractivity contribution in [1.82, 2.24) is 19.9 Å². The molecule has 8 heteroatoms. The van der Waals surface area contributed by atoms with Crippen molar-refractivity contribution in [1.29, 1.82) is 0 Å². The van der Waals surface area contributed by atoms with Gasteiger partial charge in [-0.1, -0.05) is 11.6 Å². The number of H-pyrrole nitrogens is 1. The summed E-state index contributed by atoms with van der Waals surface area (Å²) in [5.74, 6) is -0.434. The van der Waals surface area contributed by atoms with Crippen molar-refractivity contribution in [2.75, 3.05) is 6.54 Å². The van der Waals surface area contributed by atoms with Crippen LogP contribution in [-0.2, 0) is 17.8 Å². The van der Waals surface area contributed by atoms with Gasteiger partial charge in [0.2, 0.25) is 5.91 Å². The first-order valence-electron chi connectivity index (χ1n) is 9.11. The summed E-state index contributed by atoms with van der Waals surface area (Å²) in [7, 11) is 0. The highest BCUT2D eigenvalue weighted by Crippen LogP contribution is 2.22. The monoisotopic (exact) mass is 412 g/mol. The van der Waals surface area contributed by atoms with Crippen molar-refractivity contribution in [3.63, 3.8) is 0 Å². The van der Waals surface area contributed by atoms with Gasteiger partial charge in [-0.25, -0.2) is 9.37 Å². The highest BCUT2D eigenvalue weighted by atomic mass is 35.5. The largest absolute Gasteiger partial charge is 0.361 e. The maximum atomic E-state index is 13.5. The maximum absolute atomic E-state index is 13.5. The van der Waals surface area contributed by atoms with Crippen LogP contribution >= 0.6 is 11.6 Å². The molecule has 0 atom stereocenters. The number of carbonyl (C=O) groups is 1. The van der Waals surface area contributed by atoms with Crippen LogP contribution < -0.4 is 10.9 Å². The summed E-state index contributed by atoms with van der Waals surface area (Å²) < 4.78 is 14.7. The average Bonchev–Trinajstić information content (AvgIpc) is 3.08. The predicted octanol–water partition coefficient (Wildman–Crippen LogP) is 3.34. The van der Waals surface area contributed by atoms with Crippen molar-refractivity contribution in [2.45, 2.75) is 19.9 Å². The fourth-order valence-corrected chi connectivity index (χ4v) is 3.56. The molecule has 29 heavy (non-hydrogen) atoms. The summed E-state index contributed by atoms with van der Waals surface area (Å²) in [5.41, 5.74) is 1.99. The number of halogens is 2. The van der Waals surface area contributed by atoms with Crippen molar-refractivity contribution in [3.05, 3.63) is 75.2 Å². The van der Waals surface area contributed by atoms with Gasteiger partial charge in [-0.15, -0.1) is 0 Å². The summed E-state index contributed by atoms with van der Waals surface area (Å²) in [6, 6.07) is 9.45. The summed E-state index contributed by atoms with van der Waals surface area (Å²) >= 11 is 6.06. The van der Waals surface area contributed by atoms with Crippen LogP contribution in [0.2, 0.25) is 5.02 Å². The second-order valence-corrected chi connectivity index (χ2v) is 7.25. The third kappa shape index (κ3) is 3.86. The highest BCUT2D eigenvalue weighted by Gasteiger charge is 2.12. The first kappa shape index (κ1) is 19.1. The van der Waals surface area contributed by atoms with Gasteiger partial charge in [0, 0.05) is 28.7 Å². The normalized spacial score (nSPS) is 11.3. The number of hydrogen-bond donors (Lipinski definition) is 2. The molecule has 0 radical (unpaired) electrons. The Morgan fingerprint density at radius 1 is 1.24 bits per heavy atom. The molecule has 6 nitrogen and oxygen atoms in total. The zero-order chi connectivity index (χ0) is 20.5. The molecule has 0 saturated heterocycles. The second kappa shape index (κ2) is 7.67. The van der Waals surface area contributed by atoms with Crippen LogP contribution in [0.5, 0.6) is 0 Å². The zero-order valence-corrected chi connectivity index (χ0v) is 16.4. The molecule has 148 valence electrons. The molecule has 0 unspecified atom stereocenters. The number of amides is 1. The van der Waals surface area contributed by atoms with E-state index in [9.17, 15) is 14.0 Å². The summed E-state index contributed by atoms with van der Waals surface area (Å²) in [5, 5.41) is 4.63. The van der Waals surface area contributed by atoms with Crippen LogP contribution in [0.1, 0.15) is 11.4 Å². The van der Waals surface area contributed by atoms with E-state index in [0.717, 1.165) is 22.5 Å². The Bertz CT molecular complexity index is 1300. The Morgan fingerprint density at radius 3 is 2.90 bits per heavy atom. The Morgan fingerprint density at radius 2 is 2.07 bits per heavy atom. The lowest BCUT2D eigenvalue weighted by molar-refractivity contribution is -0.121. The van der Waals surface area contributed by atoms with Gasteiger partial charge in [0.05, 0.1) is 10.9 Å². The predicted molar refractivity (Wildman–Crippen MR) is 111 cm³/mol. The van der Waals surface area contributed by atoms with Crippen molar-refractivity contribution in [2.24, 2.45) is 0 Å². The molecule has 0 bridgehead atoms. The smallest absolute Gasteiger partial charge is 0.261 e. The van der Waals surface area contributed by atoms with E-state index >= 15 is 0 Å². The first-order chi connectivity index (χ1) is 13.9. The Hall–Kier alpha value is -3.19. The van der Waals surface area contributed by atoms with E-state index in [-0.39, 0.29) is 17.8 Å². The maximum Gasteiger partial charge on any atom is 0.261 e. The van der Waals surface area contributed by atoms with Gasteiger partial charge in [0.25, 0.3) is 5.56 Å². The summed E-state index contributed by atoms with van der Waals surface area (Å²) in [6.07, 6.45) is 2.50. The topological polar surface area (TPSA) is 79.8 Å². The van der Waals surface area contributed by atoms with E-state index in [1.807, 2.05) is 24.4 Å². The molecule has 0 spiro atoms. The number of carbonyl (C=O) groups excluding carboxylic acids is 1. The van der Waals surface area contributed by atoms with Gasteiger partial charge in [0.15, 0.2) is 0 Å². The molecule has 2 aromatic heterocycles. The molecule has 0 aliphatic carbocycles. The third-order valence-electron chi connectivity index (χ3n) is 4.85. The van der Waals surface area contributed by atoms with Gasteiger partial charge in [-0.3, -0.25) is 14.2 Å². The standard InChI is InChI=1S/C21H18ClFN4O2/c1-12-26-19-5-3-15(23)9-17(19)21(29)27(12)11-20(28)24-7-6-13-10-25-18-4-2-14(22)8-16(13)18/h2-5,8-10,25H,6-7,11H2,1H3,(H,24,28). The molecule has 0 saturated carbocycles. The number of fused-ring (bicyclic) bond motifs is 2. The van der Waals surface area contributed by atoms with Crippen LogP contribution in [0.15, 0.2) is 47.4 Å². The van der Waals surface area contributed by atoms with E-state index in [1.54, 1.807) is 6.92 Å². The van der Waals surface area contributed by atoms with Crippen molar-refractivity contribution in [3.8, 4) is 0 Å². The van der Waals surface area contributed by atoms with E-state index < -0.39 is 11.4 Å². The highest BCUT2D eigenvalue weighted by molar-refractivity contribution is 6.31. The van der Waals surface area contributed by atoms with Crippen LogP contribution in [0.4, 0.5) is 4.39 Å². The SMILES string of the molecule is Cc1nc2ccc(F)cc2c(=O)n1CC(=O)NCCc1c[nH]c2ccc(Cl)cc12. The fraction of sp³-hybridized carbons (Fsp3) is 0.190. The van der Waals surface area contributed by atoms with Gasteiger partial charge in [-0.2, -0.15) is 0 Å². The van der Waals surface area contributed by atoms with E-state index in [1.165, 1.54) is 16.7 Å². The minimum atomic E-state index is -0.518. The van der Waals surface area contributed by atoms with Crippen LogP contribution in [0, 0.1) is 12.7 Å². The van der Waals surface area contributed by atoms with Crippen LogP contribution in [-0.4, -0.2) is 27.0 Å². The Balaban J connectivity index is 1.46. The van der Waals surface area contributed by atoms with Crippen LogP contribution in [0.3, 0.4) is 0 Å². The average molecular weight is 413 g/mol. The number of nitrogens with zero attached hydrogens (tertiary/aromatic N) is 2. The van der Waals surface area contributed by atoms with Crippen molar-refractivity contribution >= 4 is 39.3 Å². The second-order valence-electron chi connectivity index (χ2n) is 6.82. The molecule has 2 N–H and O–H groups in total. The van der Waals surface area contributed by atoms with E-state index in [2.05, 4.69) is 15.3 Å². The Kier molecular flexibility index (Phi) is 5.07. The lowest BCUT2D eigenvalue weighted by Gasteiger charge is -2.11. The van der Waals surface area contributed by atoms with Gasteiger partial charge < -0.3 is 10.3 Å². The number of hydrogen-bond acceptors (Lipinski definition) is 3. The number of aromatic amines is 1. The lowest BCUT2D eigenvalue weighted by atomic mass is 10.1. The molecular weight excluding hydrogens is 395 g/mol. The molecule has 1 amide bonds. The molecular formula is C21H18ClFN4O2. The lowest BCUT2D eigenvalue weighted by Crippen LogP contribution is -2.34. The number of rotatable bonds is 5.